The summed E-state index contributed by atoms with van der Waals surface area (Å²) >= 11 is 1.34. The Hall–Kier alpha value is -2.16. The van der Waals surface area contributed by atoms with Gasteiger partial charge in [-0.3, -0.25) is 4.79 Å². The average molecular weight is 394 g/mol. The van der Waals surface area contributed by atoms with Gasteiger partial charge in [-0.05, 0) is 44.7 Å². The molecule has 2 fully saturated rings. The van der Waals surface area contributed by atoms with Crippen LogP contribution in [0.5, 0.6) is 5.75 Å². The number of anilines is 1. The molecular formula is C18H20F2N4O2S. The van der Waals surface area contributed by atoms with E-state index in [1.54, 1.807) is 19.1 Å². The highest BCUT2D eigenvalue weighted by Crippen LogP contribution is 2.46. The van der Waals surface area contributed by atoms with Crippen LogP contribution in [0.2, 0.25) is 0 Å². The normalized spacial score (nSPS) is 17.8. The SMILES string of the molecule is CC(Sc1nnc(C2CC2)n1C1CC1)C(=O)Nc1ccccc1OC(F)F. The molecule has 27 heavy (non-hydrogen) atoms. The molecule has 144 valence electrons. The van der Waals surface area contributed by atoms with Crippen LogP contribution in [-0.4, -0.2) is 32.5 Å². The van der Waals surface area contributed by atoms with Gasteiger partial charge in [0.05, 0.1) is 10.9 Å². The summed E-state index contributed by atoms with van der Waals surface area (Å²) < 4.78 is 31.7. The Balaban J connectivity index is 1.45. The number of halogens is 2. The molecule has 0 bridgehead atoms. The van der Waals surface area contributed by atoms with Gasteiger partial charge in [-0.15, -0.1) is 10.2 Å². The minimum atomic E-state index is -2.95. The molecule has 2 aliphatic carbocycles. The second kappa shape index (κ2) is 7.46. The summed E-state index contributed by atoms with van der Waals surface area (Å²) in [5, 5.41) is 11.6. The fourth-order valence-corrected chi connectivity index (χ4v) is 3.81. The van der Waals surface area contributed by atoms with Crippen LogP contribution in [0.4, 0.5) is 14.5 Å². The van der Waals surface area contributed by atoms with Crippen LogP contribution in [0, 0.1) is 0 Å². The van der Waals surface area contributed by atoms with Gasteiger partial charge in [0.2, 0.25) is 5.91 Å². The lowest BCUT2D eigenvalue weighted by Gasteiger charge is -2.15. The zero-order valence-electron chi connectivity index (χ0n) is 14.8. The maximum atomic E-state index is 12.6. The molecule has 4 rings (SSSR count). The van der Waals surface area contributed by atoms with Crippen molar-refractivity contribution in [2.45, 2.75) is 61.6 Å². The number of benzene rings is 1. The predicted molar refractivity (Wildman–Crippen MR) is 97.3 cm³/mol. The van der Waals surface area contributed by atoms with Crippen LogP contribution in [0.3, 0.4) is 0 Å². The number of carbonyl (C=O) groups excluding carboxylic acids is 1. The monoisotopic (exact) mass is 394 g/mol. The molecule has 1 heterocycles. The number of thioether (sulfide) groups is 1. The number of amides is 1. The minimum absolute atomic E-state index is 0.0600. The van der Waals surface area contributed by atoms with Gasteiger partial charge in [-0.1, -0.05) is 23.9 Å². The second-order valence-electron chi connectivity index (χ2n) is 6.84. The van der Waals surface area contributed by atoms with Crippen molar-refractivity contribution in [3.8, 4) is 5.75 Å². The summed E-state index contributed by atoms with van der Waals surface area (Å²) in [5.74, 6) is 1.16. The van der Waals surface area contributed by atoms with Gasteiger partial charge in [0.15, 0.2) is 5.16 Å². The highest BCUT2D eigenvalue weighted by atomic mass is 32.2. The van der Waals surface area contributed by atoms with Crippen molar-refractivity contribution in [3.63, 3.8) is 0 Å². The van der Waals surface area contributed by atoms with Crippen LogP contribution >= 0.6 is 11.8 Å². The maximum Gasteiger partial charge on any atom is 0.387 e. The predicted octanol–water partition coefficient (Wildman–Crippen LogP) is 4.21. The summed E-state index contributed by atoms with van der Waals surface area (Å²) in [6.07, 6.45) is 4.52. The molecule has 1 N–H and O–H groups in total. The molecule has 1 atom stereocenters. The topological polar surface area (TPSA) is 69.0 Å². The number of para-hydroxylation sites is 2. The zero-order valence-corrected chi connectivity index (χ0v) is 15.6. The summed E-state index contributed by atoms with van der Waals surface area (Å²) in [6, 6.07) is 6.59. The number of hydrogen-bond acceptors (Lipinski definition) is 5. The summed E-state index contributed by atoms with van der Waals surface area (Å²) in [5.41, 5.74) is 0.220. The molecule has 0 radical (unpaired) electrons. The number of nitrogens with one attached hydrogen (secondary N) is 1. The van der Waals surface area contributed by atoms with Crippen LogP contribution in [0.1, 0.15) is 50.4 Å². The van der Waals surface area contributed by atoms with Crippen molar-refractivity contribution < 1.29 is 18.3 Å². The standard InChI is InChI=1S/C18H20F2N4O2S/c1-10(16(25)21-13-4-2-3-5-14(13)26-17(19)20)27-18-23-22-15(11-6-7-11)24(18)12-8-9-12/h2-5,10-12,17H,6-9H2,1H3,(H,21,25). The lowest BCUT2D eigenvalue weighted by Crippen LogP contribution is -2.23. The fourth-order valence-electron chi connectivity index (χ4n) is 2.88. The smallest absolute Gasteiger partial charge is 0.387 e. The van der Waals surface area contributed by atoms with Crippen molar-refractivity contribution >= 4 is 23.4 Å². The number of ether oxygens (including phenoxy) is 1. The van der Waals surface area contributed by atoms with E-state index in [4.69, 9.17) is 0 Å². The largest absolute Gasteiger partial charge is 0.433 e. The number of carbonyl (C=O) groups is 1. The number of alkyl halides is 2. The van der Waals surface area contributed by atoms with E-state index in [1.807, 2.05) is 0 Å². The van der Waals surface area contributed by atoms with E-state index in [-0.39, 0.29) is 17.3 Å². The quantitative estimate of drug-likeness (QED) is 0.679. The van der Waals surface area contributed by atoms with Gasteiger partial charge >= 0.3 is 6.61 Å². The first-order valence-electron chi connectivity index (χ1n) is 8.99. The zero-order chi connectivity index (χ0) is 19.0. The van der Waals surface area contributed by atoms with Gasteiger partial charge in [-0.2, -0.15) is 8.78 Å². The Morgan fingerprint density at radius 2 is 2.00 bits per heavy atom. The molecule has 2 aromatic rings. The third-order valence-corrected chi connectivity index (χ3v) is 5.61. The van der Waals surface area contributed by atoms with Crippen LogP contribution in [0.15, 0.2) is 29.4 Å². The molecule has 2 saturated carbocycles. The molecule has 9 heteroatoms. The van der Waals surface area contributed by atoms with Crippen molar-refractivity contribution in [2.75, 3.05) is 5.32 Å². The lowest BCUT2D eigenvalue weighted by molar-refractivity contribution is -0.115. The molecule has 2 aliphatic rings. The van der Waals surface area contributed by atoms with E-state index in [0.29, 0.717) is 12.0 Å². The molecule has 1 aromatic carbocycles. The van der Waals surface area contributed by atoms with Crippen molar-refractivity contribution in [3.05, 3.63) is 30.1 Å². The first-order valence-corrected chi connectivity index (χ1v) is 9.87. The highest BCUT2D eigenvalue weighted by Gasteiger charge is 2.37. The third-order valence-electron chi connectivity index (χ3n) is 4.56. The Kier molecular flexibility index (Phi) is 5.03. The van der Waals surface area contributed by atoms with Crippen molar-refractivity contribution in [1.29, 1.82) is 0 Å². The molecule has 0 spiro atoms. The first-order chi connectivity index (χ1) is 13.0. The Labute approximate surface area is 159 Å². The number of hydrogen-bond donors (Lipinski definition) is 1. The Morgan fingerprint density at radius 3 is 2.67 bits per heavy atom. The van der Waals surface area contributed by atoms with Crippen LogP contribution in [-0.2, 0) is 4.79 Å². The maximum absolute atomic E-state index is 12.6. The average Bonchev–Trinajstić information content (AvgIpc) is 3.55. The number of aromatic nitrogens is 3. The van der Waals surface area contributed by atoms with E-state index < -0.39 is 11.9 Å². The van der Waals surface area contributed by atoms with Gasteiger partial charge in [0.25, 0.3) is 0 Å². The van der Waals surface area contributed by atoms with Crippen LogP contribution < -0.4 is 10.1 Å². The van der Waals surface area contributed by atoms with E-state index in [0.717, 1.165) is 36.7 Å². The van der Waals surface area contributed by atoms with E-state index in [2.05, 4.69) is 24.8 Å². The molecule has 6 nitrogen and oxygen atoms in total. The summed E-state index contributed by atoms with van der Waals surface area (Å²) in [6.45, 7) is -1.19. The fraction of sp³-hybridized carbons (Fsp3) is 0.500. The second-order valence-corrected chi connectivity index (χ2v) is 8.15. The van der Waals surface area contributed by atoms with E-state index in [9.17, 15) is 13.6 Å². The Morgan fingerprint density at radius 1 is 1.26 bits per heavy atom. The molecule has 1 unspecified atom stereocenters. The summed E-state index contributed by atoms with van der Waals surface area (Å²) in [4.78, 5) is 12.6. The molecule has 1 aromatic heterocycles. The third kappa shape index (κ3) is 4.23. The van der Waals surface area contributed by atoms with Crippen LogP contribution in [0.25, 0.3) is 0 Å². The van der Waals surface area contributed by atoms with Crippen molar-refractivity contribution in [2.24, 2.45) is 0 Å². The summed E-state index contributed by atoms with van der Waals surface area (Å²) in [7, 11) is 0. The molecular weight excluding hydrogens is 374 g/mol. The number of nitrogens with zero attached hydrogens (tertiary/aromatic N) is 3. The van der Waals surface area contributed by atoms with E-state index >= 15 is 0 Å². The lowest BCUT2D eigenvalue weighted by atomic mass is 10.3. The molecule has 1 amide bonds. The van der Waals surface area contributed by atoms with Gasteiger partial charge in [0, 0.05) is 12.0 Å². The molecule has 0 aliphatic heterocycles. The Bertz CT molecular complexity index is 837. The van der Waals surface area contributed by atoms with E-state index in [1.165, 1.54) is 23.9 Å². The van der Waals surface area contributed by atoms with Gasteiger partial charge in [0.1, 0.15) is 11.6 Å². The number of rotatable bonds is 8. The van der Waals surface area contributed by atoms with Gasteiger partial charge in [-0.25, -0.2) is 0 Å². The minimum Gasteiger partial charge on any atom is -0.433 e. The van der Waals surface area contributed by atoms with Gasteiger partial charge < -0.3 is 14.6 Å². The highest BCUT2D eigenvalue weighted by molar-refractivity contribution is 8.00. The molecule has 0 saturated heterocycles. The first kappa shape index (κ1) is 18.2. The van der Waals surface area contributed by atoms with Crippen molar-refractivity contribution in [1.82, 2.24) is 14.8 Å².